The molecule has 0 radical (unpaired) electrons. The van der Waals surface area contributed by atoms with E-state index in [1.807, 2.05) is 0 Å². The zero-order chi connectivity index (χ0) is 20.8. The van der Waals surface area contributed by atoms with E-state index in [1.54, 1.807) is 18.2 Å². The zero-order valence-corrected chi connectivity index (χ0v) is 17.6. The highest BCUT2D eigenvalue weighted by Crippen LogP contribution is 2.55. The van der Waals surface area contributed by atoms with Gasteiger partial charge in [-0.3, -0.25) is 0 Å². The van der Waals surface area contributed by atoms with Gasteiger partial charge in [0.25, 0.3) is 0 Å². The Hall–Kier alpha value is -1.86. The highest BCUT2D eigenvalue weighted by molar-refractivity contribution is 5.33. The Morgan fingerprint density at radius 1 is 0.759 bits per heavy atom. The molecule has 2 fully saturated rings. The van der Waals surface area contributed by atoms with Crippen LogP contribution in [0.5, 0.6) is 0 Å². The van der Waals surface area contributed by atoms with Crippen LogP contribution in [0.25, 0.3) is 0 Å². The van der Waals surface area contributed by atoms with E-state index in [0.29, 0.717) is 31.5 Å². The summed E-state index contributed by atoms with van der Waals surface area (Å²) >= 11 is 0. The Morgan fingerprint density at radius 2 is 1.41 bits per heavy atom. The molecule has 160 valence electrons. The summed E-state index contributed by atoms with van der Waals surface area (Å²) < 4.78 is 0. The molecule has 6 nitrogen and oxygen atoms in total. The van der Waals surface area contributed by atoms with E-state index in [0.717, 1.165) is 32.1 Å². The van der Waals surface area contributed by atoms with Gasteiger partial charge < -0.3 is 0 Å². The van der Waals surface area contributed by atoms with E-state index in [-0.39, 0.29) is 11.3 Å². The normalized spacial score (nSPS) is 28.1. The van der Waals surface area contributed by atoms with Gasteiger partial charge in [-0.1, -0.05) is 44.9 Å². The molecule has 0 bridgehead atoms. The number of rotatable bonds is 10. The van der Waals surface area contributed by atoms with E-state index < -0.39 is 0 Å². The fraction of sp³-hybridized carbons (Fsp3) is 0.870. The van der Waals surface area contributed by atoms with Crippen LogP contribution in [0.1, 0.15) is 83.5 Å². The molecule has 2 aliphatic rings. The van der Waals surface area contributed by atoms with E-state index in [4.69, 9.17) is 0 Å². The van der Waals surface area contributed by atoms with Gasteiger partial charge in [0.05, 0.1) is 19.6 Å². The van der Waals surface area contributed by atoms with E-state index in [9.17, 15) is 14.4 Å². The van der Waals surface area contributed by atoms with Gasteiger partial charge in [0.2, 0.25) is 18.2 Å². The van der Waals surface area contributed by atoms with Crippen LogP contribution in [-0.2, 0) is 14.4 Å². The van der Waals surface area contributed by atoms with Crippen molar-refractivity contribution in [2.24, 2.45) is 38.1 Å². The number of hydrogen-bond donors (Lipinski definition) is 0. The lowest BCUT2D eigenvalue weighted by molar-refractivity contribution is 0.0163. The van der Waals surface area contributed by atoms with Crippen molar-refractivity contribution in [1.29, 1.82) is 0 Å². The van der Waals surface area contributed by atoms with Crippen molar-refractivity contribution in [3.8, 4) is 0 Å². The number of aliphatic imine (C=N–C) groups is 3. The van der Waals surface area contributed by atoms with Gasteiger partial charge in [0.1, 0.15) is 0 Å². The SMILES string of the molecule is O=C=NCCCC1CCCCC(CCN=C=O)(C2CCCCCC2)C1CN=C=O. The Bertz CT molecular complexity index is 625. The standard InChI is InChI=1S/C23H35N3O3/c27-17-24-14-7-9-20-8-5-6-12-23(13-15-25-18-28,22(20)16-26-19-29)21-10-3-1-2-4-11-21/h20-22H,1-16H2. The number of hydrogen-bond acceptors (Lipinski definition) is 6. The predicted molar refractivity (Wildman–Crippen MR) is 112 cm³/mol. The fourth-order valence-electron chi connectivity index (χ4n) is 6.19. The van der Waals surface area contributed by atoms with Gasteiger partial charge in [-0.15, -0.1) is 0 Å². The van der Waals surface area contributed by atoms with Gasteiger partial charge >= 0.3 is 0 Å². The second-order valence-corrected chi connectivity index (χ2v) is 8.80. The quantitative estimate of drug-likeness (QED) is 0.225. The van der Waals surface area contributed by atoms with Gasteiger partial charge in [0, 0.05) is 0 Å². The first-order chi connectivity index (χ1) is 14.3. The molecule has 0 aromatic rings. The van der Waals surface area contributed by atoms with Crippen molar-refractivity contribution in [2.45, 2.75) is 83.5 Å². The van der Waals surface area contributed by atoms with Crippen molar-refractivity contribution >= 4 is 18.2 Å². The van der Waals surface area contributed by atoms with E-state index in [2.05, 4.69) is 15.0 Å². The average molecular weight is 402 g/mol. The Labute approximate surface area is 174 Å². The fourth-order valence-corrected chi connectivity index (χ4v) is 6.19. The van der Waals surface area contributed by atoms with Crippen LogP contribution in [0.3, 0.4) is 0 Å². The van der Waals surface area contributed by atoms with E-state index in [1.165, 1.54) is 51.4 Å². The Kier molecular flexibility index (Phi) is 10.8. The lowest BCUT2D eigenvalue weighted by Crippen LogP contribution is -2.43. The highest BCUT2D eigenvalue weighted by Gasteiger charge is 2.48. The van der Waals surface area contributed by atoms with E-state index >= 15 is 0 Å². The molecule has 6 heteroatoms. The smallest absolute Gasteiger partial charge is 0.211 e. The topological polar surface area (TPSA) is 88.3 Å². The monoisotopic (exact) mass is 401 g/mol. The average Bonchev–Trinajstić information content (AvgIpc) is 3.10. The van der Waals surface area contributed by atoms with Crippen molar-refractivity contribution in [1.82, 2.24) is 0 Å². The van der Waals surface area contributed by atoms with Crippen LogP contribution in [0.2, 0.25) is 0 Å². The highest BCUT2D eigenvalue weighted by atomic mass is 16.1. The van der Waals surface area contributed by atoms with Crippen molar-refractivity contribution < 1.29 is 14.4 Å². The molecule has 29 heavy (non-hydrogen) atoms. The second kappa shape index (κ2) is 13.4. The molecular weight excluding hydrogens is 366 g/mol. The van der Waals surface area contributed by atoms with Crippen LogP contribution < -0.4 is 0 Å². The third-order valence-electron chi connectivity index (χ3n) is 7.46. The van der Waals surface area contributed by atoms with Gasteiger partial charge in [-0.2, -0.15) is 0 Å². The van der Waals surface area contributed by atoms with Crippen molar-refractivity contribution in [3.63, 3.8) is 0 Å². The third-order valence-corrected chi connectivity index (χ3v) is 7.46. The Balaban J connectivity index is 2.36. The van der Waals surface area contributed by atoms with Crippen LogP contribution in [0.15, 0.2) is 15.0 Å². The minimum atomic E-state index is 0.0557. The molecule has 0 aliphatic heterocycles. The maximum absolute atomic E-state index is 11.0. The molecule has 0 aromatic carbocycles. The molecular formula is C23H35N3O3. The summed E-state index contributed by atoms with van der Waals surface area (Å²) in [5.74, 6) is 1.32. The van der Waals surface area contributed by atoms with Crippen LogP contribution >= 0.6 is 0 Å². The first-order valence-corrected chi connectivity index (χ1v) is 11.4. The summed E-state index contributed by atoms with van der Waals surface area (Å²) in [4.78, 5) is 43.9. The molecule has 2 aliphatic carbocycles. The summed E-state index contributed by atoms with van der Waals surface area (Å²) in [6, 6.07) is 0. The second-order valence-electron chi connectivity index (χ2n) is 8.80. The molecule has 3 unspecified atom stereocenters. The van der Waals surface area contributed by atoms with Gasteiger partial charge in [0.15, 0.2) is 0 Å². The van der Waals surface area contributed by atoms with Crippen molar-refractivity contribution in [3.05, 3.63) is 0 Å². The lowest BCUT2D eigenvalue weighted by Gasteiger charge is -2.48. The lowest BCUT2D eigenvalue weighted by atomic mass is 9.57. The zero-order valence-electron chi connectivity index (χ0n) is 17.6. The summed E-state index contributed by atoms with van der Waals surface area (Å²) in [5.41, 5.74) is 0.0557. The largest absolute Gasteiger partial charge is 0.234 e. The third kappa shape index (κ3) is 6.85. The van der Waals surface area contributed by atoms with Crippen LogP contribution in [-0.4, -0.2) is 37.9 Å². The first kappa shape index (κ1) is 23.4. The molecule has 0 N–H and O–H groups in total. The first-order valence-electron chi connectivity index (χ1n) is 11.4. The molecule has 2 rings (SSSR count). The molecule has 2 saturated carbocycles. The predicted octanol–water partition coefficient (Wildman–Crippen LogP) is 4.93. The number of carbonyl (C=O) groups excluding carboxylic acids is 3. The molecule has 0 saturated heterocycles. The summed E-state index contributed by atoms with van der Waals surface area (Å²) in [6.45, 7) is 1.52. The molecule has 0 amide bonds. The van der Waals surface area contributed by atoms with Gasteiger partial charge in [-0.25, -0.2) is 29.4 Å². The molecule has 0 spiro atoms. The maximum Gasteiger partial charge on any atom is 0.234 e. The molecule has 0 heterocycles. The minimum Gasteiger partial charge on any atom is -0.211 e. The van der Waals surface area contributed by atoms with Crippen LogP contribution in [0.4, 0.5) is 0 Å². The summed E-state index contributed by atoms with van der Waals surface area (Å²) in [5, 5.41) is 0. The minimum absolute atomic E-state index is 0.0557. The van der Waals surface area contributed by atoms with Crippen LogP contribution in [0, 0.1) is 23.2 Å². The molecule has 3 atom stereocenters. The number of nitrogens with zero attached hydrogens (tertiary/aromatic N) is 3. The van der Waals surface area contributed by atoms with Crippen molar-refractivity contribution in [2.75, 3.05) is 19.6 Å². The number of isocyanates is 3. The summed E-state index contributed by atoms with van der Waals surface area (Å²) in [6.07, 6.45) is 19.9. The Morgan fingerprint density at radius 3 is 2.10 bits per heavy atom. The molecule has 0 aromatic heterocycles. The summed E-state index contributed by atoms with van der Waals surface area (Å²) in [7, 11) is 0. The maximum atomic E-state index is 11.0. The van der Waals surface area contributed by atoms with Gasteiger partial charge in [-0.05, 0) is 61.7 Å².